The van der Waals surface area contributed by atoms with Crippen LogP contribution in [0.3, 0.4) is 0 Å². The van der Waals surface area contributed by atoms with E-state index in [0.29, 0.717) is 55.8 Å². The molecule has 144 valence electrons. The Morgan fingerprint density at radius 2 is 1.93 bits per heavy atom. The summed E-state index contributed by atoms with van der Waals surface area (Å²) in [7, 11) is 0. The largest absolute Gasteiger partial charge is 0.380 e. The normalized spacial score (nSPS) is 11.3. The number of nitrogens with zero attached hydrogens (tertiary/aromatic N) is 5. The molecule has 0 aliphatic heterocycles. The first-order valence-corrected chi connectivity index (χ1v) is 9.29. The quantitative estimate of drug-likeness (QED) is 0.442. The first-order chi connectivity index (χ1) is 13.1. The van der Waals surface area contributed by atoms with Crippen LogP contribution in [0.25, 0.3) is 11.0 Å². The van der Waals surface area contributed by atoms with E-state index in [1.165, 1.54) is 0 Å². The standard InChI is InChI=1S/C18H23ClN6O2/c1-4-26-10-9-25-16-15(13(24-25)11-27-5-2)22-18(19)23-17(16)21-14-8-6-7-12(3)20-14/h6-8H,4-5,9-11H2,1-3H3,(H,20,21,22,23). The van der Waals surface area contributed by atoms with Crippen LogP contribution in [-0.4, -0.2) is 44.6 Å². The summed E-state index contributed by atoms with van der Waals surface area (Å²) < 4.78 is 12.8. The average Bonchev–Trinajstić information content (AvgIpc) is 2.98. The van der Waals surface area contributed by atoms with E-state index in [-0.39, 0.29) is 5.28 Å². The molecular formula is C18H23ClN6O2. The Bertz CT molecular complexity index is 914. The second-order valence-electron chi connectivity index (χ2n) is 5.83. The molecule has 0 fully saturated rings. The van der Waals surface area contributed by atoms with Crippen molar-refractivity contribution in [2.75, 3.05) is 25.1 Å². The Balaban J connectivity index is 2.06. The van der Waals surface area contributed by atoms with Crippen LogP contribution in [0.5, 0.6) is 0 Å². The molecule has 0 saturated heterocycles. The lowest BCUT2D eigenvalue weighted by Gasteiger charge is -2.10. The fraction of sp³-hybridized carbons (Fsp3) is 0.444. The SMILES string of the molecule is CCOCCn1nc(COCC)c2nc(Cl)nc(Nc3cccc(C)n3)c21. The summed E-state index contributed by atoms with van der Waals surface area (Å²) in [5.74, 6) is 1.23. The highest BCUT2D eigenvalue weighted by Crippen LogP contribution is 2.27. The lowest BCUT2D eigenvalue weighted by Crippen LogP contribution is -2.09. The highest BCUT2D eigenvalue weighted by Gasteiger charge is 2.19. The zero-order chi connectivity index (χ0) is 19.2. The number of rotatable bonds is 9. The molecule has 1 N–H and O–H groups in total. The Morgan fingerprint density at radius 1 is 1.11 bits per heavy atom. The van der Waals surface area contributed by atoms with Gasteiger partial charge >= 0.3 is 0 Å². The van der Waals surface area contributed by atoms with Crippen molar-refractivity contribution >= 4 is 34.3 Å². The van der Waals surface area contributed by atoms with Crippen molar-refractivity contribution in [2.45, 2.75) is 33.9 Å². The number of aryl methyl sites for hydroxylation is 1. The molecule has 3 aromatic rings. The van der Waals surface area contributed by atoms with Crippen LogP contribution in [0.15, 0.2) is 18.2 Å². The van der Waals surface area contributed by atoms with Gasteiger partial charge in [0.05, 0.1) is 19.8 Å². The number of hydrogen-bond donors (Lipinski definition) is 1. The monoisotopic (exact) mass is 390 g/mol. The van der Waals surface area contributed by atoms with Crippen molar-refractivity contribution in [2.24, 2.45) is 0 Å². The number of ether oxygens (including phenoxy) is 2. The average molecular weight is 391 g/mol. The number of hydrogen-bond acceptors (Lipinski definition) is 7. The lowest BCUT2D eigenvalue weighted by molar-refractivity contribution is 0.128. The van der Waals surface area contributed by atoms with Gasteiger partial charge in [0.15, 0.2) is 5.82 Å². The fourth-order valence-corrected chi connectivity index (χ4v) is 2.86. The molecule has 0 amide bonds. The van der Waals surface area contributed by atoms with Crippen LogP contribution >= 0.6 is 11.6 Å². The van der Waals surface area contributed by atoms with Crippen LogP contribution in [0.2, 0.25) is 5.28 Å². The van der Waals surface area contributed by atoms with Crippen LogP contribution in [-0.2, 0) is 22.6 Å². The van der Waals surface area contributed by atoms with E-state index in [0.717, 1.165) is 11.2 Å². The van der Waals surface area contributed by atoms with E-state index in [9.17, 15) is 0 Å². The Labute approximate surface area is 162 Å². The molecule has 0 spiro atoms. The predicted octanol–water partition coefficient (Wildman–Crippen LogP) is 3.50. The molecule has 0 bridgehead atoms. The van der Waals surface area contributed by atoms with E-state index in [1.807, 2.05) is 43.7 Å². The van der Waals surface area contributed by atoms with Gasteiger partial charge in [0.25, 0.3) is 0 Å². The molecule has 0 saturated carbocycles. The third-order valence-corrected chi connectivity index (χ3v) is 4.03. The smallest absolute Gasteiger partial charge is 0.225 e. The lowest BCUT2D eigenvalue weighted by atomic mass is 10.3. The summed E-state index contributed by atoms with van der Waals surface area (Å²) in [6.07, 6.45) is 0. The second-order valence-corrected chi connectivity index (χ2v) is 6.17. The van der Waals surface area contributed by atoms with Crippen LogP contribution in [0, 0.1) is 6.92 Å². The maximum atomic E-state index is 6.18. The van der Waals surface area contributed by atoms with Crippen LogP contribution in [0.1, 0.15) is 25.2 Å². The molecule has 8 nitrogen and oxygen atoms in total. The predicted molar refractivity (Wildman–Crippen MR) is 104 cm³/mol. The summed E-state index contributed by atoms with van der Waals surface area (Å²) in [6.45, 7) is 8.51. The Hall–Kier alpha value is -2.29. The molecule has 3 heterocycles. The minimum Gasteiger partial charge on any atom is -0.380 e. The van der Waals surface area contributed by atoms with E-state index >= 15 is 0 Å². The summed E-state index contributed by atoms with van der Waals surface area (Å²) in [5.41, 5.74) is 3.03. The molecule has 0 unspecified atom stereocenters. The van der Waals surface area contributed by atoms with Gasteiger partial charge in [0.2, 0.25) is 5.28 Å². The number of nitrogens with one attached hydrogen (secondary N) is 1. The van der Waals surface area contributed by atoms with Crippen LogP contribution in [0.4, 0.5) is 11.6 Å². The highest BCUT2D eigenvalue weighted by atomic mass is 35.5. The van der Waals surface area contributed by atoms with Crippen molar-refractivity contribution in [3.05, 3.63) is 34.9 Å². The Kier molecular flexibility index (Phi) is 6.54. The van der Waals surface area contributed by atoms with Crippen molar-refractivity contribution in [1.29, 1.82) is 0 Å². The third kappa shape index (κ3) is 4.71. The van der Waals surface area contributed by atoms with Gasteiger partial charge in [0, 0.05) is 18.9 Å². The van der Waals surface area contributed by atoms with Gasteiger partial charge in [-0.05, 0) is 44.5 Å². The third-order valence-electron chi connectivity index (χ3n) is 3.86. The maximum Gasteiger partial charge on any atom is 0.225 e. The molecule has 27 heavy (non-hydrogen) atoms. The topological polar surface area (TPSA) is 87.0 Å². The van der Waals surface area contributed by atoms with Crippen molar-refractivity contribution < 1.29 is 9.47 Å². The molecule has 0 atom stereocenters. The zero-order valence-corrected chi connectivity index (χ0v) is 16.5. The van der Waals surface area contributed by atoms with Crippen LogP contribution < -0.4 is 5.32 Å². The molecular weight excluding hydrogens is 368 g/mol. The number of fused-ring (bicyclic) bond motifs is 1. The number of anilines is 2. The van der Waals surface area contributed by atoms with Gasteiger partial charge in [-0.1, -0.05) is 6.07 Å². The first kappa shape index (κ1) is 19.5. The van der Waals surface area contributed by atoms with Crippen molar-refractivity contribution in [3.63, 3.8) is 0 Å². The van der Waals surface area contributed by atoms with Crippen molar-refractivity contribution in [3.8, 4) is 0 Å². The zero-order valence-electron chi connectivity index (χ0n) is 15.7. The summed E-state index contributed by atoms with van der Waals surface area (Å²) >= 11 is 6.18. The summed E-state index contributed by atoms with van der Waals surface area (Å²) in [6, 6.07) is 5.73. The molecule has 0 aliphatic rings. The molecule has 3 aromatic heterocycles. The van der Waals surface area contributed by atoms with Gasteiger partial charge in [-0.25, -0.2) is 9.97 Å². The highest BCUT2D eigenvalue weighted by molar-refractivity contribution is 6.28. The van der Waals surface area contributed by atoms with Gasteiger partial charge in [-0.15, -0.1) is 0 Å². The molecule has 0 aromatic carbocycles. The molecule has 0 aliphatic carbocycles. The van der Waals surface area contributed by atoms with E-state index in [4.69, 9.17) is 21.1 Å². The molecule has 0 radical (unpaired) electrons. The molecule has 9 heteroatoms. The summed E-state index contributed by atoms with van der Waals surface area (Å²) in [4.78, 5) is 13.2. The summed E-state index contributed by atoms with van der Waals surface area (Å²) in [5, 5.41) is 8.03. The molecule has 3 rings (SSSR count). The fourth-order valence-electron chi connectivity index (χ4n) is 2.69. The minimum absolute atomic E-state index is 0.139. The number of halogens is 1. The van der Waals surface area contributed by atoms with E-state index < -0.39 is 0 Å². The van der Waals surface area contributed by atoms with Gasteiger partial charge in [-0.3, -0.25) is 4.68 Å². The first-order valence-electron chi connectivity index (χ1n) is 8.91. The Morgan fingerprint density at radius 3 is 2.67 bits per heavy atom. The second kappa shape index (κ2) is 9.07. The maximum absolute atomic E-state index is 6.18. The van der Waals surface area contributed by atoms with Crippen molar-refractivity contribution in [1.82, 2.24) is 24.7 Å². The number of pyridine rings is 1. The van der Waals surface area contributed by atoms with Gasteiger partial charge < -0.3 is 14.8 Å². The van der Waals surface area contributed by atoms with Gasteiger partial charge in [0.1, 0.15) is 22.5 Å². The van der Waals surface area contributed by atoms with Gasteiger partial charge in [-0.2, -0.15) is 10.1 Å². The number of aromatic nitrogens is 5. The van der Waals surface area contributed by atoms with E-state index in [2.05, 4.69) is 25.4 Å². The minimum atomic E-state index is 0.139. The van der Waals surface area contributed by atoms with E-state index in [1.54, 1.807) is 0 Å².